The van der Waals surface area contributed by atoms with E-state index in [1.165, 1.54) is 5.75 Å². The van der Waals surface area contributed by atoms with Gasteiger partial charge in [-0.3, -0.25) is 4.72 Å². The van der Waals surface area contributed by atoms with Crippen LogP contribution in [0.25, 0.3) is 0 Å². The Hall–Kier alpha value is 0.310. The Labute approximate surface area is 49.0 Å². The molecule has 0 aromatic rings. The third-order valence-electron chi connectivity index (χ3n) is 1.47. The van der Waals surface area contributed by atoms with E-state index >= 15 is 0 Å². The summed E-state index contributed by atoms with van der Waals surface area (Å²) < 4.78 is 3.29. The smallest absolute Gasteiger partial charge is 0.0177 e. The maximum Gasteiger partial charge on any atom is 0.0177 e. The molecule has 0 saturated carbocycles. The first-order chi connectivity index (χ1) is 3.30. The standard InChI is InChI=1S/C5H11NS/c1-4-3-7-6-5(4)2/h4-6H,3H2,1-2H3. The molecule has 0 radical (unpaired) electrons. The topological polar surface area (TPSA) is 12.0 Å². The largest absolute Gasteiger partial charge is 0.261 e. The van der Waals surface area contributed by atoms with Gasteiger partial charge in [-0.15, -0.1) is 0 Å². The lowest BCUT2D eigenvalue weighted by Gasteiger charge is -2.04. The Morgan fingerprint density at radius 1 is 1.57 bits per heavy atom. The van der Waals surface area contributed by atoms with E-state index in [1.54, 1.807) is 0 Å². The van der Waals surface area contributed by atoms with Gasteiger partial charge in [0.15, 0.2) is 0 Å². The average molecular weight is 117 g/mol. The molecule has 1 N–H and O–H groups in total. The first-order valence-corrected chi connectivity index (χ1v) is 3.66. The van der Waals surface area contributed by atoms with Crippen molar-refractivity contribution < 1.29 is 0 Å². The lowest BCUT2D eigenvalue weighted by Crippen LogP contribution is -2.18. The molecule has 0 bridgehead atoms. The van der Waals surface area contributed by atoms with E-state index in [0.29, 0.717) is 0 Å². The molecule has 0 amide bonds. The van der Waals surface area contributed by atoms with E-state index in [9.17, 15) is 0 Å². The third kappa shape index (κ3) is 1.10. The molecular weight excluding hydrogens is 106 g/mol. The van der Waals surface area contributed by atoms with Crippen molar-refractivity contribution in [2.45, 2.75) is 19.9 Å². The van der Waals surface area contributed by atoms with E-state index in [0.717, 1.165) is 12.0 Å². The Balaban J connectivity index is 2.33. The van der Waals surface area contributed by atoms with Gasteiger partial charge in [-0.05, 0) is 12.8 Å². The van der Waals surface area contributed by atoms with Gasteiger partial charge in [-0.2, -0.15) is 0 Å². The van der Waals surface area contributed by atoms with E-state index in [2.05, 4.69) is 18.6 Å². The highest BCUT2D eigenvalue weighted by Gasteiger charge is 2.17. The van der Waals surface area contributed by atoms with E-state index in [4.69, 9.17) is 0 Å². The van der Waals surface area contributed by atoms with Crippen molar-refractivity contribution in [2.75, 3.05) is 5.75 Å². The molecule has 1 fully saturated rings. The second-order valence-corrected chi connectivity index (χ2v) is 3.05. The first kappa shape index (κ1) is 5.45. The average Bonchev–Trinajstić information content (AvgIpc) is 1.91. The summed E-state index contributed by atoms with van der Waals surface area (Å²) in [7, 11) is 0. The highest BCUT2D eigenvalue weighted by atomic mass is 32.2. The quantitative estimate of drug-likeness (QED) is 0.479. The van der Waals surface area contributed by atoms with Crippen LogP contribution in [0, 0.1) is 5.92 Å². The van der Waals surface area contributed by atoms with Gasteiger partial charge in [0.25, 0.3) is 0 Å². The lowest BCUT2D eigenvalue weighted by atomic mass is 10.1. The van der Waals surface area contributed by atoms with Gasteiger partial charge in [-0.1, -0.05) is 18.9 Å². The van der Waals surface area contributed by atoms with Crippen LogP contribution >= 0.6 is 11.9 Å². The molecule has 2 atom stereocenters. The van der Waals surface area contributed by atoms with Crippen LogP contribution in [-0.2, 0) is 0 Å². The van der Waals surface area contributed by atoms with Crippen molar-refractivity contribution in [1.29, 1.82) is 0 Å². The van der Waals surface area contributed by atoms with Crippen LogP contribution in [-0.4, -0.2) is 11.8 Å². The molecule has 2 unspecified atom stereocenters. The minimum absolute atomic E-state index is 0.727. The van der Waals surface area contributed by atoms with Crippen LogP contribution < -0.4 is 4.72 Å². The summed E-state index contributed by atoms with van der Waals surface area (Å²) in [5.74, 6) is 2.14. The number of hydrogen-bond acceptors (Lipinski definition) is 2. The fraction of sp³-hybridized carbons (Fsp3) is 1.00. The van der Waals surface area contributed by atoms with Crippen molar-refractivity contribution >= 4 is 11.9 Å². The molecule has 7 heavy (non-hydrogen) atoms. The van der Waals surface area contributed by atoms with Crippen molar-refractivity contribution in [3.8, 4) is 0 Å². The van der Waals surface area contributed by atoms with Gasteiger partial charge in [0, 0.05) is 11.8 Å². The summed E-state index contributed by atoms with van der Waals surface area (Å²) in [5.41, 5.74) is 0. The van der Waals surface area contributed by atoms with Crippen LogP contribution in [0.3, 0.4) is 0 Å². The van der Waals surface area contributed by atoms with Crippen LogP contribution in [0.5, 0.6) is 0 Å². The van der Waals surface area contributed by atoms with Gasteiger partial charge < -0.3 is 0 Å². The minimum atomic E-state index is 0.727. The molecule has 0 aromatic heterocycles. The summed E-state index contributed by atoms with van der Waals surface area (Å²) in [5, 5.41) is 0. The molecule has 1 saturated heterocycles. The molecule has 0 aromatic carbocycles. The maximum atomic E-state index is 3.29. The summed E-state index contributed by atoms with van der Waals surface area (Å²) in [6.07, 6.45) is 0. The monoisotopic (exact) mass is 117 g/mol. The Kier molecular flexibility index (Phi) is 1.60. The molecule has 1 rings (SSSR count). The number of rotatable bonds is 0. The van der Waals surface area contributed by atoms with Crippen molar-refractivity contribution in [3.05, 3.63) is 0 Å². The van der Waals surface area contributed by atoms with Crippen LogP contribution in [0.1, 0.15) is 13.8 Å². The summed E-state index contributed by atoms with van der Waals surface area (Å²) in [6.45, 7) is 4.50. The minimum Gasteiger partial charge on any atom is -0.261 e. The maximum absolute atomic E-state index is 3.29. The fourth-order valence-electron chi connectivity index (χ4n) is 0.571. The third-order valence-corrected chi connectivity index (χ3v) is 2.70. The molecule has 1 heterocycles. The highest BCUT2D eigenvalue weighted by Crippen LogP contribution is 2.18. The highest BCUT2D eigenvalue weighted by molar-refractivity contribution is 7.97. The predicted octanol–water partition coefficient (Wildman–Crippen LogP) is 1.26. The second kappa shape index (κ2) is 2.05. The van der Waals surface area contributed by atoms with Gasteiger partial charge >= 0.3 is 0 Å². The zero-order valence-corrected chi connectivity index (χ0v) is 5.59. The zero-order chi connectivity index (χ0) is 5.28. The Morgan fingerprint density at radius 3 is 2.43 bits per heavy atom. The predicted molar refractivity (Wildman–Crippen MR) is 34.2 cm³/mol. The molecule has 1 nitrogen and oxygen atoms in total. The molecule has 0 spiro atoms. The molecular formula is C5H11NS. The number of hydrogen-bond donors (Lipinski definition) is 1. The normalized spacial score (nSPS) is 42.0. The lowest BCUT2D eigenvalue weighted by molar-refractivity contribution is 0.539. The first-order valence-electron chi connectivity index (χ1n) is 2.68. The fourth-order valence-corrected chi connectivity index (χ4v) is 1.71. The van der Waals surface area contributed by atoms with E-state index in [1.807, 2.05) is 11.9 Å². The summed E-state index contributed by atoms with van der Waals surface area (Å²) in [4.78, 5) is 0. The second-order valence-electron chi connectivity index (χ2n) is 2.19. The van der Waals surface area contributed by atoms with Gasteiger partial charge in [-0.25, -0.2) is 0 Å². The van der Waals surface area contributed by atoms with Crippen molar-refractivity contribution in [1.82, 2.24) is 4.72 Å². The van der Waals surface area contributed by atoms with E-state index < -0.39 is 0 Å². The molecule has 42 valence electrons. The molecule has 1 aliphatic heterocycles. The van der Waals surface area contributed by atoms with Gasteiger partial charge in [0.1, 0.15) is 0 Å². The molecule has 2 heteroatoms. The van der Waals surface area contributed by atoms with Gasteiger partial charge in [0.2, 0.25) is 0 Å². The molecule has 0 aliphatic carbocycles. The van der Waals surface area contributed by atoms with Crippen molar-refractivity contribution in [2.24, 2.45) is 5.92 Å². The summed E-state index contributed by atoms with van der Waals surface area (Å²) in [6, 6.07) is 0.727. The van der Waals surface area contributed by atoms with Crippen molar-refractivity contribution in [3.63, 3.8) is 0 Å². The van der Waals surface area contributed by atoms with Crippen LogP contribution in [0.2, 0.25) is 0 Å². The Bertz CT molecular complexity index is 57.1. The van der Waals surface area contributed by atoms with Gasteiger partial charge in [0.05, 0.1) is 0 Å². The summed E-state index contributed by atoms with van der Waals surface area (Å²) >= 11 is 1.84. The number of nitrogens with one attached hydrogen (secondary N) is 1. The van der Waals surface area contributed by atoms with Crippen LogP contribution in [0.15, 0.2) is 0 Å². The molecule has 1 aliphatic rings. The van der Waals surface area contributed by atoms with Crippen LogP contribution in [0.4, 0.5) is 0 Å². The SMILES string of the molecule is CC1CSNC1C. The zero-order valence-electron chi connectivity index (χ0n) is 4.77. The van der Waals surface area contributed by atoms with E-state index in [-0.39, 0.29) is 0 Å². The Morgan fingerprint density at radius 2 is 2.29 bits per heavy atom.